The number of nitrogen functional groups attached to an aromatic ring is 1. The summed E-state index contributed by atoms with van der Waals surface area (Å²) in [7, 11) is -2.23. The van der Waals surface area contributed by atoms with Gasteiger partial charge in [0.15, 0.2) is 0 Å². The van der Waals surface area contributed by atoms with Gasteiger partial charge in [-0.05, 0) is 12.1 Å². The zero-order valence-electron chi connectivity index (χ0n) is 8.90. The van der Waals surface area contributed by atoms with Crippen LogP contribution in [0.1, 0.15) is 0 Å². The van der Waals surface area contributed by atoms with E-state index in [4.69, 9.17) is 5.73 Å². The number of sulfonamides is 1. The number of aryl methyl sites for hydroxylation is 1. The Morgan fingerprint density at radius 1 is 1.41 bits per heavy atom. The van der Waals surface area contributed by atoms with E-state index in [1.165, 1.54) is 29.3 Å². The minimum atomic E-state index is -3.80. The van der Waals surface area contributed by atoms with Gasteiger partial charge in [0.25, 0.3) is 10.0 Å². The number of pyridine rings is 1. The maximum atomic E-state index is 12.0. The topological polar surface area (TPSA) is 116 Å². The van der Waals surface area contributed by atoms with Gasteiger partial charge in [-0.15, -0.1) is 0 Å². The van der Waals surface area contributed by atoms with Gasteiger partial charge in [-0.1, -0.05) is 0 Å². The third-order valence-electron chi connectivity index (χ3n) is 2.03. The third kappa shape index (κ3) is 2.18. The number of nitrogens with one attached hydrogen (secondary N) is 1. The molecule has 0 fully saturated rings. The molecule has 0 saturated carbocycles. The highest BCUT2D eigenvalue weighted by atomic mass is 32.2. The lowest BCUT2D eigenvalue weighted by atomic mass is 10.5. The Balaban J connectivity index is 2.39. The van der Waals surface area contributed by atoms with Gasteiger partial charge in [0.2, 0.25) is 5.95 Å². The summed E-state index contributed by atoms with van der Waals surface area (Å²) in [6, 6.07) is 2.85. The van der Waals surface area contributed by atoms with Crippen LogP contribution in [0.2, 0.25) is 0 Å². The second-order valence-corrected chi connectivity index (χ2v) is 4.85. The predicted octanol–water partition coefficient (Wildman–Crippen LogP) is -0.407. The first-order chi connectivity index (χ1) is 8.00. The molecular weight excluding hydrogens is 244 g/mol. The Hall–Kier alpha value is -2.16. The molecule has 90 valence electrons. The van der Waals surface area contributed by atoms with Gasteiger partial charge in [-0.3, -0.25) is 0 Å². The van der Waals surface area contributed by atoms with Crippen LogP contribution < -0.4 is 10.5 Å². The largest absolute Gasteiger partial charge is 0.383 e. The predicted molar refractivity (Wildman–Crippen MR) is 60.5 cm³/mol. The first kappa shape index (κ1) is 11.3. The molecule has 0 atom stereocenters. The molecular formula is C8H10N6O2S. The maximum absolute atomic E-state index is 12.0. The molecule has 17 heavy (non-hydrogen) atoms. The molecule has 0 aliphatic rings. The Morgan fingerprint density at radius 3 is 2.76 bits per heavy atom. The summed E-state index contributed by atoms with van der Waals surface area (Å²) >= 11 is 0. The lowest BCUT2D eigenvalue weighted by Gasteiger charge is -2.07. The molecule has 2 heterocycles. The summed E-state index contributed by atoms with van der Waals surface area (Å²) in [4.78, 5) is 7.37. The van der Waals surface area contributed by atoms with Gasteiger partial charge < -0.3 is 5.73 Å². The molecule has 0 amide bonds. The number of hydrogen-bond acceptors (Lipinski definition) is 6. The molecule has 2 aromatic heterocycles. The van der Waals surface area contributed by atoms with Gasteiger partial charge in [0.05, 0.1) is 0 Å². The molecule has 9 heteroatoms. The number of aromatic nitrogens is 4. The number of nitrogens with zero attached hydrogens (tertiary/aromatic N) is 4. The van der Waals surface area contributed by atoms with Crippen molar-refractivity contribution >= 4 is 21.8 Å². The zero-order chi connectivity index (χ0) is 12.5. The van der Waals surface area contributed by atoms with Crippen molar-refractivity contribution in [3.05, 3.63) is 24.7 Å². The molecule has 8 nitrogen and oxygen atoms in total. The van der Waals surface area contributed by atoms with Crippen molar-refractivity contribution in [2.24, 2.45) is 7.05 Å². The van der Waals surface area contributed by atoms with Crippen LogP contribution in [-0.4, -0.2) is 28.2 Å². The van der Waals surface area contributed by atoms with Crippen LogP contribution in [-0.2, 0) is 17.1 Å². The van der Waals surface area contributed by atoms with Crippen LogP contribution in [0.3, 0.4) is 0 Å². The highest BCUT2D eigenvalue weighted by Crippen LogP contribution is 2.17. The Morgan fingerprint density at radius 2 is 2.18 bits per heavy atom. The second kappa shape index (κ2) is 4.01. The number of rotatable bonds is 3. The fourth-order valence-electron chi connectivity index (χ4n) is 1.19. The minimum Gasteiger partial charge on any atom is -0.383 e. The van der Waals surface area contributed by atoms with Crippen molar-refractivity contribution in [1.82, 2.24) is 19.7 Å². The number of anilines is 2. The summed E-state index contributed by atoms with van der Waals surface area (Å²) < 4.78 is 27.5. The van der Waals surface area contributed by atoms with Crippen LogP contribution in [0, 0.1) is 0 Å². The van der Waals surface area contributed by atoms with E-state index >= 15 is 0 Å². The zero-order valence-corrected chi connectivity index (χ0v) is 9.72. The van der Waals surface area contributed by atoms with E-state index in [2.05, 4.69) is 19.8 Å². The SMILES string of the molecule is Cn1ncnc1NS(=O)(=O)c1cccnc1N. The Bertz CT molecular complexity index is 635. The van der Waals surface area contributed by atoms with E-state index in [1.54, 1.807) is 7.05 Å². The molecule has 0 aliphatic carbocycles. The van der Waals surface area contributed by atoms with Gasteiger partial charge >= 0.3 is 0 Å². The highest BCUT2D eigenvalue weighted by molar-refractivity contribution is 7.92. The van der Waals surface area contributed by atoms with Gasteiger partial charge in [-0.2, -0.15) is 10.1 Å². The molecule has 2 rings (SSSR count). The van der Waals surface area contributed by atoms with Crippen LogP contribution in [0.25, 0.3) is 0 Å². The number of nitrogens with two attached hydrogens (primary N) is 1. The van der Waals surface area contributed by atoms with E-state index in [1.807, 2.05) is 0 Å². The Kier molecular flexibility index (Phi) is 2.68. The first-order valence-corrected chi connectivity index (χ1v) is 6.06. The van der Waals surface area contributed by atoms with Crippen molar-refractivity contribution in [2.45, 2.75) is 4.90 Å². The van der Waals surface area contributed by atoms with E-state index < -0.39 is 10.0 Å². The molecule has 0 bridgehead atoms. The van der Waals surface area contributed by atoms with Gasteiger partial charge in [-0.25, -0.2) is 22.8 Å². The molecule has 3 N–H and O–H groups in total. The summed E-state index contributed by atoms with van der Waals surface area (Å²) in [5.74, 6) is 0.0374. The van der Waals surface area contributed by atoms with E-state index in [0.717, 1.165) is 0 Å². The van der Waals surface area contributed by atoms with Crippen LogP contribution in [0.4, 0.5) is 11.8 Å². The van der Waals surface area contributed by atoms with Gasteiger partial charge in [0, 0.05) is 13.2 Å². The average Bonchev–Trinajstić information content (AvgIpc) is 2.64. The molecule has 0 radical (unpaired) electrons. The lowest BCUT2D eigenvalue weighted by Crippen LogP contribution is -2.17. The lowest BCUT2D eigenvalue weighted by molar-refractivity contribution is 0.600. The van der Waals surface area contributed by atoms with Crippen molar-refractivity contribution in [3.63, 3.8) is 0 Å². The van der Waals surface area contributed by atoms with E-state index in [0.29, 0.717) is 0 Å². The second-order valence-electron chi connectivity index (χ2n) is 3.20. The summed E-state index contributed by atoms with van der Waals surface area (Å²) in [5, 5.41) is 3.75. The average molecular weight is 254 g/mol. The quantitative estimate of drug-likeness (QED) is 0.769. The summed E-state index contributed by atoms with van der Waals surface area (Å²) in [6.07, 6.45) is 2.65. The third-order valence-corrected chi connectivity index (χ3v) is 3.40. The maximum Gasteiger partial charge on any atom is 0.267 e. The highest BCUT2D eigenvalue weighted by Gasteiger charge is 2.19. The fourth-order valence-corrected chi connectivity index (χ4v) is 2.31. The van der Waals surface area contributed by atoms with E-state index in [-0.39, 0.29) is 16.7 Å². The van der Waals surface area contributed by atoms with Crippen molar-refractivity contribution in [1.29, 1.82) is 0 Å². The van der Waals surface area contributed by atoms with Crippen molar-refractivity contribution < 1.29 is 8.42 Å². The molecule has 0 aliphatic heterocycles. The first-order valence-electron chi connectivity index (χ1n) is 4.58. The van der Waals surface area contributed by atoms with Gasteiger partial charge in [0.1, 0.15) is 17.0 Å². The van der Waals surface area contributed by atoms with E-state index in [9.17, 15) is 8.42 Å². The van der Waals surface area contributed by atoms with Crippen molar-refractivity contribution in [2.75, 3.05) is 10.5 Å². The Labute approximate surface area is 97.6 Å². The number of hydrogen-bond donors (Lipinski definition) is 2. The standard InChI is InChI=1S/C8H10N6O2S/c1-14-8(11-5-12-14)13-17(15,16)6-3-2-4-10-7(6)9/h2-5H,1H3,(H2,9,10)(H,11,12,13). The molecule has 0 saturated heterocycles. The molecule has 0 spiro atoms. The molecule has 0 unspecified atom stereocenters. The molecule has 2 aromatic rings. The van der Waals surface area contributed by atoms with Crippen LogP contribution >= 0.6 is 0 Å². The van der Waals surface area contributed by atoms with Crippen LogP contribution in [0.5, 0.6) is 0 Å². The summed E-state index contributed by atoms with van der Waals surface area (Å²) in [6.45, 7) is 0. The van der Waals surface area contributed by atoms with Crippen molar-refractivity contribution in [3.8, 4) is 0 Å². The normalized spacial score (nSPS) is 11.4. The monoisotopic (exact) mass is 254 g/mol. The van der Waals surface area contributed by atoms with Crippen LogP contribution in [0.15, 0.2) is 29.6 Å². The smallest absolute Gasteiger partial charge is 0.267 e. The summed E-state index contributed by atoms with van der Waals surface area (Å²) in [5.41, 5.74) is 5.50. The minimum absolute atomic E-state index is 0.0674. The molecule has 0 aromatic carbocycles. The fraction of sp³-hybridized carbons (Fsp3) is 0.125.